The van der Waals surface area contributed by atoms with E-state index in [2.05, 4.69) is 33.9 Å². The van der Waals surface area contributed by atoms with E-state index >= 15 is 0 Å². The summed E-state index contributed by atoms with van der Waals surface area (Å²) in [5.41, 5.74) is 1.15. The van der Waals surface area contributed by atoms with Gasteiger partial charge >= 0.3 is 12.1 Å². The van der Waals surface area contributed by atoms with Crippen molar-refractivity contribution in [1.82, 2.24) is 9.88 Å². The highest BCUT2D eigenvalue weighted by atomic mass is 32.2. The lowest BCUT2D eigenvalue weighted by Crippen LogP contribution is -2.58. The Hall–Kier alpha value is -0.880. The Morgan fingerprint density at radius 2 is 2.07 bits per heavy atom. The summed E-state index contributed by atoms with van der Waals surface area (Å²) in [6.45, 7) is 8.28. The van der Waals surface area contributed by atoms with Crippen LogP contribution in [0.1, 0.15) is 30.0 Å². The van der Waals surface area contributed by atoms with Crippen molar-refractivity contribution in [3.8, 4) is 0 Å². The molecule has 11 heteroatoms. The van der Waals surface area contributed by atoms with Gasteiger partial charge in [0.1, 0.15) is 5.01 Å². The molecule has 1 unspecified atom stereocenters. The van der Waals surface area contributed by atoms with E-state index in [1.807, 2.05) is 0 Å². The molecule has 0 aromatic carbocycles. The minimum atomic E-state index is -5.08. The third kappa shape index (κ3) is 6.81. The number of aliphatic carboxylic acids is 1. The molecular weight excluding hydrogens is 441 g/mol. The highest BCUT2D eigenvalue weighted by molar-refractivity contribution is 8.01. The molecule has 170 valence electrons. The second kappa shape index (κ2) is 10.2. The maximum absolute atomic E-state index is 10.6. The molecule has 3 aliphatic rings. The summed E-state index contributed by atoms with van der Waals surface area (Å²) in [4.78, 5) is 16.0. The Balaban J connectivity index is 0.000000318. The van der Waals surface area contributed by atoms with E-state index in [4.69, 9.17) is 19.4 Å². The van der Waals surface area contributed by atoms with Crippen LogP contribution in [0.3, 0.4) is 0 Å². The molecule has 1 atom stereocenters. The van der Waals surface area contributed by atoms with Crippen LogP contribution in [-0.2, 0) is 20.8 Å². The molecule has 1 aromatic rings. The van der Waals surface area contributed by atoms with Crippen LogP contribution in [0.5, 0.6) is 0 Å². The van der Waals surface area contributed by atoms with Gasteiger partial charge in [0.05, 0.1) is 12.6 Å². The molecule has 0 bridgehead atoms. The highest BCUT2D eigenvalue weighted by Crippen LogP contribution is 2.46. The topological polar surface area (TPSA) is 71.9 Å². The molecule has 0 aliphatic carbocycles. The third-order valence-electron chi connectivity index (χ3n) is 5.38. The van der Waals surface area contributed by atoms with Gasteiger partial charge in [-0.3, -0.25) is 4.90 Å². The maximum Gasteiger partial charge on any atom is 0.490 e. The summed E-state index contributed by atoms with van der Waals surface area (Å²) in [7, 11) is 0. The van der Waals surface area contributed by atoms with Crippen molar-refractivity contribution < 1.29 is 32.5 Å². The van der Waals surface area contributed by atoms with Crippen molar-refractivity contribution in [3.05, 3.63) is 16.1 Å². The standard InChI is InChI=1S/C17H26N2O2S2.C2HF3O2/c1-13-9-22-16(18-13)7-19-11-17(12-19)6-15(10-23-17)21-8-14-2-4-20-5-3-14;3-2(4,5)1(6)7/h9,14-15H,2-8,10-12H2,1H3;(H,6,7). The van der Waals surface area contributed by atoms with E-state index < -0.39 is 12.1 Å². The normalized spacial score (nSPS) is 24.3. The molecule has 1 aromatic heterocycles. The SMILES string of the molecule is Cc1csc(CN2CC3(CC(OCC4CCOCC4)CS3)C2)n1.O=C(O)C(F)(F)F. The Morgan fingerprint density at radius 3 is 2.63 bits per heavy atom. The zero-order valence-electron chi connectivity index (χ0n) is 16.8. The number of rotatable bonds is 5. The van der Waals surface area contributed by atoms with Gasteiger partial charge in [0.2, 0.25) is 0 Å². The Bertz CT molecular complexity index is 704. The van der Waals surface area contributed by atoms with Crippen LogP contribution in [0.15, 0.2) is 5.38 Å². The molecular formula is C19H27F3N2O4S2. The summed E-state index contributed by atoms with van der Waals surface area (Å²) in [5.74, 6) is -0.864. The van der Waals surface area contributed by atoms with Crippen molar-refractivity contribution in [1.29, 1.82) is 0 Å². The fraction of sp³-hybridized carbons (Fsp3) is 0.789. The lowest BCUT2D eigenvalue weighted by atomic mass is 9.93. The van der Waals surface area contributed by atoms with Crippen LogP contribution in [0.4, 0.5) is 13.2 Å². The van der Waals surface area contributed by atoms with E-state index in [1.54, 1.807) is 11.3 Å². The molecule has 1 spiro atoms. The molecule has 3 saturated heterocycles. The summed E-state index contributed by atoms with van der Waals surface area (Å²) < 4.78 is 43.9. The van der Waals surface area contributed by atoms with Crippen LogP contribution in [-0.4, -0.2) is 76.7 Å². The van der Waals surface area contributed by atoms with Crippen LogP contribution in [0, 0.1) is 12.8 Å². The quantitative estimate of drug-likeness (QED) is 0.708. The van der Waals surface area contributed by atoms with Crippen molar-refractivity contribution in [2.24, 2.45) is 5.92 Å². The Labute approximate surface area is 182 Å². The van der Waals surface area contributed by atoms with E-state index in [-0.39, 0.29) is 0 Å². The number of carbonyl (C=O) groups is 1. The number of thioether (sulfide) groups is 1. The molecule has 0 saturated carbocycles. The maximum atomic E-state index is 10.6. The molecule has 4 heterocycles. The predicted molar refractivity (Wildman–Crippen MR) is 109 cm³/mol. The predicted octanol–water partition coefficient (Wildman–Crippen LogP) is 3.59. The van der Waals surface area contributed by atoms with E-state index in [0.717, 1.165) is 38.0 Å². The van der Waals surface area contributed by atoms with Crippen LogP contribution in [0.25, 0.3) is 0 Å². The number of alkyl halides is 3. The number of nitrogens with zero attached hydrogens (tertiary/aromatic N) is 2. The number of halogens is 3. The zero-order chi connectivity index (χ0) is 21.8. The van der Waals surface area contributed by atoms with Gasteiger partial charge < -0.3 is 14.6 Å². The molecule has 4 rings (SSSR count). The zero-order valence-corrected chi connectivity index (χ0v) is 18.5. The van der Waals surface area contributed by atoms with E-state index in [0.29, 0.717) is 10.9 Å². The number of carboxylic acid groups (broad SMARTS) is 1. The Kier molecular flexibility index (Phi) is 8.05. The molecule has 3 fully saturated rings. The van der Waals surface area contributed by atoms with Gasteiger partial charge in [-0.25, -0.2) is 9.78 Å². The van der Waals surface area contributed by atoms with Gasteiger partial charge in [-0.05, 0) is 32.1 Å². The monoisotopic (exact) mass is 468 g/mol. The van der Waals surface area contributed by atoms with Crippen molar-refractivity contribution in [2.45, 2.75) is 49.8 Å². The van der Waals surface area contributed by atoms with Gasteiger partial charge in [-0.1, -0.05) is 0 Å². The average molecular weight is 469 g/mol. The highest BCUT2D eigenvalue weighted by Gasteiger charge is 2.49. The second-order valence-electron chi connectivity index (χ2n) is 8.04. The summed E-state index contributed by atoms with van der Waals surface area (Å²) in [6.07, 6.45) is -1.04. The third-order valence-corrected chi connectivity index (χ3v) is 7.90. The van der Waals surface area contributed by atoms with Crippen LogP contribution in [0.2, 0.25) is 0 Å². The number of hydrogen-bond acceptors (Lipinski definition) is 7. The molecule has 0 amide bonds. The lowest BCUT2D eigenvalue weighted by molar-refractivity contribution is -0.192. The second-order valence-corrected chi connectivity index (χ2v) is 10.5. The summed E-state index contributed by atoms with van der Waals surface area (Å²) in [5, 5.41) is 10.5. The van der Waals surface area contributed by atoms with Crippen molar-refractivity contribution >= 4 is 29.1 Å². The number of aryl methyl sites for hydroxylation is 1. The molecule has 0 radical (unpaired) electrons. The van der Waals surface area contributed by atoms with Crippen molar-refractivity contribution in [2.75, 3.05) is 38.7 Å². The molecule has 30 heavy (non-hydrogen) atoms. The first-order valence-corrected chi connectivity index (χ1v) is 11.8. The fourth-order valence-electron chi connectivity index (χ4n) is 3.86. The number of thiazole rings is 1. The smallest absolute Gasteiger partial charge is 0.475 e. The first-order valence-electron chi connectivity index (χ1n) is 9.92. The summed E-state index contributed by atoms with van der Waals surface area (Å²) in [6, 6.07) is 0. The average Bonchev–Trinajstić information content (AvgIpc) is 3.27. The van der Waals surface area contributed by atoms with Gasteiger partial charge in [-0.2, -0.15) is 13.2 Å². The number of ether oxygens (including phenoxy) is 2. The number of carboxylic acids is 1. The first-order chi connectivity index (χ1) is 14.2. The summed E-state index contributed by atoms with van der Waals surface area (Å²) >= 11 is 3.93. The van der Waals surface area contributed by atoms with Crippen molar-refractivity contribution in [3.63, 3.8) is 0 Å². The van der Waals surface area contributed by atoms with Gasteiger partial charge in [0.25, 0.3) is 0 Å². The molecule has 3 aliphatic heterocycles. The number of aromatic nitrogens is 1. The van der Waals surface area contributed by atoms with Gasteiger partial charge in [0, 0.05) is 54.5 Å². The van der Waals surface area contributed by atoms with E-state index in [1.165, 1.54) is 43.1 Å². The largest absolute Gasteiger partial charge is 0.490 e. The number of hydrogen-bond donors (Lipinski definition) is 1. The Morgan fingerprint density at radius 1 is 1.40 bits per heavy atom. The number of likely N-dealkylation sites (tertiary alicyclic amines) is 1. The molecule has 6 nitrogen and oxygen atoms in total. The van der Waals surface area contributed by atoms with Crippen LogP contribution >= 0.6 is 23.1 Å². The first kappa shape index (κ1) is 23.8. The van der Waals surface area contributed by atoms with E-state index in [9.17, 15) is 13.2 Å². The minimum Gasteiger partial charge on any atom is -0.475 e. The minimum absolute atomic E-state index is 0.465. The fourth-order valence-corrected chi connectivity index (χ4v) is 6.28. The molecule has 1 N–H and O–H groups in total. The lowest BCUT2D eigenvalue weighted by Gasteiger charge is -2.47. The van der Waals surface area contributed by atoms with Crippen LogP contribution < -0.4 is 0 Å². The van der Waals surface area contributed by atoms with Gasteiger partial charge in [-0.15, -0.1) is 23.1 Å². The van der Waals surface area contributed by atoms with Gasteiger partial charge in [0.15, 0.2) is 0 Å².